The van der Waals surface area contributed by atoms with Crippen LogP contribution in [0.15, 0.2) is 47.2 Å². The van der Waals surface area contributed by atoms with Crippen molar-refractivity contribution in [3.63, 3.8) is 0 Å². The third-order valence-corrected chi connectivity index (χ3v) is 3.89. The Balaban J connectivity index is 2.35. The summed E-state index contributed by atoms with van der Waals surface area (Å²) in [5.41, 5.74) is 2.71. The zero-order valence-corrected chi connectivity index (χ0v) is 12.1. The Morgan fingerprint density at radius 2 is 2.11 bits per heavy atom. The Hall–Kier alpha value is -1.68. The average Bonchev–Trinajstić information content (AvgIpc) is 2.38. The van der Waals surface area contributed by atoms with Gasteiger partial charge in [0.15, 0.2) is 0 Å². The fourth-order valence-electron chi connectivity index (χ4n) is 2.09. The van der Waals surface area contributed by atoms with Crippen molar-refractivity contribution in [1.82, 2.24) is 4.98 Å². The van der Waals surface area contributed by atoms with E-state index in [9.17, 15) is 9.90 Å². The van der Waals surface area contributed by atoms with E-state index in [1.807, 2.05) is 31.2 Å². The van der Waals surface area contributed by atoms with Crippen LogP contribution in [0.5, 0.6) is 0 Å². The number of rotatable bonds is 4. The zero-order chi connectivity index (χ0) is 13.8. The molecule has 0 spiro atoms. The van der Waals surface area contributed by atoms with Crippen molar-refractivity contribution >= 4 is 21.9 Å². The van der Waals surface area contributed by atoms with Crippen LogP contribution in [0.2, 0.25) is 0 Å². The second kappa shape index (κ2) is 5.97. The number of halogens is 1. The van der Waals surface area contributed by atoms with Crippen LogP contribution in [0.4, 0.5) is 0 Å². The molecule has 1 unspecified atom stereocenters. The molecule has 1 heterocycles. The summed E-state index contributed by atoms with van der Waals surface area (Å²) in [4.78, 5) is 15.5. The Labute approximate surface area is 120 Å². The fourth-order valence-corrected chi connectivity index (χ4v) is 2.54. The highest BCUT2D eigenvalue weighted by molar-refractivity contribution is 9.10. The third-order valence-electron chi connectivity index (χ3n) is 3.12. The van der Waals surface area contributed by atoms with Gasteiger partial charge >= 0.3 is 5.97 Å². The molecule has 0 aliphatic carbocycles. The predicted molar refractivity (Wildman–Crippen MR) is 77.2 cm³/mol. The molecule has 1 aromatic heterocycles. The first-order valence-corrected chi connectivity index (χ1v) is 6.75. The first-order valence-electron chi connectivity index (χ1n) is 5.96. The van der Waals surface area contributed by atoms with Crippen molar-refractivity contribution in [2.75, 3.05) is 0 Å². The Kier molecular flexibility index (Phi) is 4.32. The van der Waals surface area contributed by atoms with E-state index < -0.39 is 11.9 Å². The van der Waals surface area contributed by atoms with Crippen LogP contribution >= 0.6 is 15.9 Å². The molecule has 2 aromatic rings. The maximum atomic E-state index is 11.5. The summed E-state index contributed by atoms with van der Waals surface area (Å²) >= 11 is 3.46. The highest BCUT2D eigenvalue weighted by Gasteiger charge is 2.22. The van der Waals surface area contributed by atoms with Gasteiger partial charge in [0.2, 0.25) is 0 Å². The van der Waals surface area contributed by atoms with Crippen molar-refractivity contribution in [1.29, 1.82) is 0 Å². The number of carboxylic acids is 1. The monoisotopic (exact) mass is 319 g/mol. The Morgan fingerprint density at radius 3 is 2.74 bits per heavy atom. The minimum Gasteiger partial charge on any atom is -0.481 e. The number of aliphatic carboxylic acids is 1. The van der Waals surface area contributed by atoms with E-state index >= 15 is 0 Å². The summed E-state index contributed by atoms with van der Waals surface area (Å²) in [6, 6.07) is 9.48. The minimum atomic E-state index is -0.815. The molecule has 3 nitrogen and oxygen atoms in total. The molecule has 4 heteroatoms. The van der Waals surface area contributed by atoms with E-state index in [1.54, 1.807) is 18.5 Å². The molecule has 0 radical (unpaired) electrons. The summed E-state index contributed by atoms with van der Waals surface area (Å²) in [6.07, 6.45) is 3.80. The molecular weight excluding hydrogens is 306 g/mol. The highest BCUT2D eigenvalue weighted by atomic mass is 79.9. The smallest absolute Gasteiger partial charge is 0.311 e. The topological polar surface area (TPSA) is 50.2 Å². The largest absolute Gasteiger partial charge is 0.481 e. The van der Waals surface area contributed by atoms with Gasteiger partial charge in [-0.15, -0.1) is 0 Å². The molecule has 1 N–H and O–H groups in total. The molecular formula is C15H14BrNO2. The van der Waals surface area contributed by atoms with Crippen LogP contribution < -0.4 is 0 Å². The third kappa shape index (κ3) is 3.20. The molecule has 0 saturated carbocycles. The van der Waals surface area contributed by atoms with E-state index in [-0.39, 0.29) is 0 Å². The van der Waals surface area contributed by atoms with Crippen LogP contribution in [0.1, 0.15) is 22.6 Å². The van der Waals surface area contributed by atoms with E-state index in [0.717, 1.165) is 21.2 Å². The molecule has 1 atom stereocenters. The van der Waals surface area contributed by atoms with Gasteiger partial charge in [-0.05, 0) is 42.2 Å². The number of carboxylic acid groups (broad SMARTS) is 1. The number of nitrogens with zero attached hydrogens (tertiary/aromatic N) is 1. The molecule has 0 aliphatic heterocycles. The molecule has 0 aliphatic rings. The molecule has 0 bridgehead atoms. The lowest BCUT2D eigenvalue weighted by atomic mass is 9.90. The SMILES string of the molecule is Cc1cnccc1C(Cc1ccccc1Br)C(=O)O. The van der Waals surface area contributed by atoms with Crippen LogP contribution in [0.25, 0.3) is 0 Å². The molecule has 98 valence electrons. The van der Waals surface area contributed by atoms with Crippen molar-refractivity contribution in [2.24, 2.45) is 0 Å². The summed E-state index contributed by atoms with van der Waals surface area (Å²) in [5, 5.41) is 9.47. The molecule has 0 fully saturated rings. The molecule has 0 saturated heterocycles. The summed E-state index contributed by atoms with van der Waals surface area (Å²) in [6.45, 7) is 1.89. The van der Waals surface area contributed by atoms with E-state index in [4.69, 9.17) is 0 Å². The van der Waals surface area contributed by atoms with Gasteiger partial charge in [-0.2, -0.15) is 0 Å². The van der Waals surface area contributed by atoms with Crippen LogP contribution in [0.3, 0.4) is 0 Å². The van der Waals surface area contributed by atoms with Gasteiger partial charge in [0.05, 0.1) is 5.92 Å². The van der Waals surface area contributed by atoms with E-state index in [1.165, 1.54) is 0 Å². The molecule has 1 aromatic carbocycles. The van der Waals surface area contributed by atoms with Crippen molar-refractivity contribution < 1.29 is 9.90 Å². The van der Waals surface area contributed by atoms with Gasteiger partial charge in [-0.1, -0.05) is 34.1 Å². The Morgan fingerprint density at radius 1 is 1.37 bits per heavy atom. The number of aromatic nitrogens is 1. The number of hydrogen-bond acceptors (Lipinski definition) is 2. The van der Waals surface area contributed by atoms with Crippen LogP contribution in [-0.2, 0) is 11.2 Å². The van der Waals surface area contributed by atoms with Crippen molar-refractivity contribution in [3.8, 4) is 0 Å². The van der Waals surface area contributed by atoms with Gasteiger partial charge in [0.25, 0.3) is 0 Å². The van der Waals surface area contributed by atoms with Gasteiger partial charge < -0.3 is 5.11 Å². The lowest BCUT2D eigenvalue weighted by molar-refractivity contribution is -0.138. The predicted octanol–water partition coefficient (Wildman–Crippen LogP) is 3.56. The van der Waals surface area contributed by atoms with Gasteiger partial charge in [0.1, 0.15) is 0 Å². The number of benzene rings is 1. The average molecular weight is 320 g/mol. The summed E-state index contributed by atoms with van der Waals surface area (Å²) in [7, 11) is 0. The van der Waals surface area contributed by atoms with Crippen molar-refractivity contribution in [2.45, 2.75) is 19.3 Å². The molecule has 19 heavy (non-hydrogen) atoms. The lowest BCUT2D eigenvalue weighted by Crippen LogP contribution is -2.16. The lowest BCUT2D eigenvalue weighted by Gasteiger charge is -2.15. The maximum Gasteiger partial charge on any atom is 0.311 e. The number of pyridine rings is 1. The fraction of sp³-hybridized carbons (Fsp3) is 0.200. The van der Waals surface area contributed by atoms with Crippen molar-refractivity contribution in [3.05, 3.63) is 63.9 Å². The quantitative estimate of drug-likeness (QED) is 0.937. The standard InChI is InChI=1S/C15H14BrNO2/c1-10-9-17-7-6-12(10)13(15(18)19)8-11-4-2-3-5-14(11)16/h2-7,9,13H,8H2,1H3,(H,18,19). The van der Waals surface area contributed by atoms with E-state index in [2.05, 4.69) is 20.9 Å². The van der Waals surface area contributed by atoms with Crippen LogP contribution in [-0.4, -0.2) is 16.1 Å². The summed E-state index contributed by atoms with van der Waals surface area (Å²) < 4.78 is 0.938. The van der Waals surface area contributed by atoms with Gasteiger partial charge in [-0.25, -0.2) is 0 Å². The van der Waals surface area contributed by atoms with E-state index in [0.29, 0.717) is 6.42 Å². The second-order valence-corrected chi connectivity index (χ2v) is 5.27. The minimum absolute atomic E-state index is 0.460. The maximum absolute atomic E-state index is 11.5. The summed E-state index contributed by atoms with van der Waals surface area (Å²) in [5.74, 6) is -1.37. The second-order valence-electron chi connectivity index (χ2n) is 4.42. The molecule has 2 rings (SSSR count). The normalized spacial score (nSPS) is 12.1. The number of hydrogen-bond donors (Lipinski definition) is 1. The first-order chi connectivity index (χ1) is 9.09. The zero-order valence-electron chi connectivity index (χ0n) is 10.5. The highest BCUT2D eigenvalue weighted by Crippen LogP contribution is 2.27. The van der Waals surface area contributed by atoms with Gasteiger partial charge in [0, 0.05) is 16.9 Å². The number of aryl methyl sites for hydroxylation is 1. The Bertz CT molecular complexity index is 598. The van der Waals surface area contributed by atoms with Crippen LogP contribution in [0, 0.1) is 6.92 Å². The molecule has 0 amide bonds. The number of carbonyl (C=O) groups is 1. The van der Waals surface area contributed by atoms with Gasteiger partial charge in [-0.3, -0.25) is 9.78 Å². The first kappa shape index (κ1) is 13.7.